The normalized spacial score (nSPS) is 16.9. The van der Waals surface area contributed by atoms with Crippen molar-refractivity contribution in [3.05, 3.63) is 35.2 Å². The summed E-state index contributed by atoms with van der Waals surface area (Å²) >= 11 is 0. The molecule has 1 unspecified atom stereocenters. The predicted octanol–water partition coefficient (Wildman–Crippen LogP) is -2.28. The Balaban J connectivity index is 0.00000192. The number of nitrogens with one attached hydrogen (secondary N) is 2. The fourth-order valence-corrected chi connectivity index (χ4v) is 2.77. The van der Waals surface area contributed by atoms with E-state index in [1.165, 1.54) is 0 Å². The minimum atomic E-state index is -1.23. The van der Waals surface area contributed by atoms with E-state index in [0.29, 0.717) is 12.5 Å². The molecule has 0 fully saturated rings. The number of rotatable bonds is 5. The van der Waals surface area contributed by atoms with Crippen molar-refractivity contribution in [1.82, 2.24) is 25.1 Å². The molecule has 1 aliphatic rings. The molecule has 0 amide bonds. The summed E-state index contributed by atoms with van der Waals surface area (Å²) in [4.78, 5) is 18.6. The van der Waals surface area contributed by atoms with Gasteiger partial charge < -0.3 is 20.2 Å². The average Bonchev–Trinajstić information content (AvgIpc) is 3.11. The molecule has 118 valence electrons. The van der Waals surface area contributed by atoms with Crippen LogP contribution in [0.5, 0.6) is 0 Å². The average molecular weight is 325 g/mol. The standard InChI is InChI=1S/C15H21N5O2.Na/c1-9(2)12-7-17-14(18-12)8-16-10-4-3-5-20-13(10)6-11(19-20)15(21)22;/h6-7,9-10,16H,3-5,8H2,1-2H3,(H,17,18)(H,21,22);/q;+1/p-1. The monoisotopic (exact) mass is 325 g/mol. The summed E-state index contributed by atoms with van der Waals surface area (Å²) in [5.74, 6) is 0.0803. The number of H-pyrrole nitrogens is 1. The van der Waals surface area contributed by atoms with Crippen molar-refractivity contribution in [3.63, 3.8) is 0 Å². The van der Waals surface area contributed by atoms with E-state index in [0.717, 1.165) is 36.6 Å². The molecule has 0 aromatic carbocycles. The topological polar surface area (TPSA) is 98.7 Å². The number of aromatic amines is 1. The van der Waals surface area contributed by atoms with Gasteiger partial charge in [0.15, 0.2) is 0 Å². The summed E-state index contributed by atoms with van der Waals surface area (Å²) in [5, 5.41) is 18.5. The first-order valence-electron chi connectivity index (χ1n) is 7.61. The number of nitrogens with zero attached hydrogens (tertiary/aromatic N) is 3. The van der Waals surface area contributed by atoms with Gasteiger partial charge in [-0.2, -0.15) is 5.10 Å². The van der Waals surface area contributed by atoms with E-state index < -0.39 is 5.97 Å². The largest absolute Gasteiger partial charge is 1.00 e. The van der Waals surface area contributed by atoms with Crippen LogP contribution in [0.25, 0.3) is 0 Å². The van der Waals surface area contributed by atoms with Crippen LogP contribution in [-0.2, 0) is 13.1 Å². The molecule has 7 nitrogen and oxygen atoms in total. The second-order valence-corrected chi connectivity index (χ2v) is 5.98. The summed E-state index contributed by atoms with van der Waals surface area (Å²) in [6, 6.07) is 1.69. The molecule has 2 aromatic rings. The third-order valence-corrected chi connectivity index (χ3v) is 4.03. The van der Waals surface area contributed by atoms with Crippen LogP contribution in [0.2, 0.25) is 0 Å². The third-order valence-electron chi connectivity index (χ3n) is 4.03. The van der Waals surface area contributed by atoms with E-state index in [1.54, 1.807) is 10.7 Å². The maximum Gasteiger partial charge on any atom is 1.00 e. The molecule has 0 aliphatic carbocycles. The molecular formula is C15H20N5NaO2. The van der Waals surface area contributed by atoms with Crippen LogP contribution in [0.1, 0.15) is 66.3 Å². The molecule has 1 aliphatic heterocycles. The molecular weight excluding hydrogens is 305 g/mol. The van der Waals surface area contributed by atoms with Crippen molar-refractivity contribution < 1.29 is 39.5 Å². The maximum absolute atomic E-state index is 10.9. The number of hydrogen-bond acceptors (Lipinski definition) is 5. The van der Waals surface area contributed by atoms with Crippen LogP contribution in [0.3, 0.4) is 0 Å². The van der Waals surface area contributed by atoms with Crippen LogP contribution < -0.4 is 40.0 Å². The van der Waals surface area contributed by atoms with Crippen LogP contribution in [-0.4, -0.2) is 25.7 Å². The summed E-state index contributed by atoms with van der Waals surface area (Å²) in [6.07, 6.45) is 3.78. The van der Waals surface area contributed by atoms with E-state index >= 15 is 0 Å². The molecule has 1 atom stereocenters. The van der Waals surface area contributed by atoms with Crippen molar-refractivity contribution in [2.45, 2.75) is 51.7 Å². The minimum Gasteiger partial charge on any atom is -0.543 e. The van der Waals surface area contributed by atoms with Crippen molar-refractivity contribution in [2.75, 3.05) is 0 Å². The zero-order valence-corrected chi connectivity index (χ0v) is 15.8. The van der Waals surface area contributed by atoms with Crippen molar-refractivity contribution in [2.24, 2.45) is 0 Å². The van der Waals surface area contributed by atoms with Gasteiger partial charge in [-0.25, -0.2) is 4.98 Å². The zero-order chi connectivity index (χ0) is 15.7. The molecule has 2 N–H and O–H groups in total. The van der Waals surface area contributed by atoms with E-state index in [9.17, 15) is 9.90 Å². The number of carboxylic acids is 1. The number of hydrogen-bond donors (Lipinski definition) is 2. The second kappa shape index (κ2) is 7.61. The van der Waals surface area contributed by atoms with Gasteiger partial charge in [0.1, 0.15) is 11.5 Å². The predicted molar refractivity (Wildman–Crippen MR) is 78.0 cm³/mol. The number of aromatic nitrogens is 4. The van der Waals surface area contributed by atoms with Crippen molar-refractivity contribution in [1.29, 1.82) is 0 Å². The fourth-order valence-electron chi connectivity index (χ4n) is 2.77. The van der Waals surface area contributed by atoms with Gasteiger partial charge in [-0.05, 0) is 24.8 Å². The summed E-state index contributed by atoms with van der Waals surface area (Å²) in [5.41, 5.74) is 2.02. The molecule has 3 heterocycles. The van der Waals surface area contributed by atoms with Crippen LogP contribution in [0, 0.1) is 0 Å². The number of fused-ring (bicyclic) bond motifs is 1. The Morgan fingerprint density at radius 1 is 1.57 bits per heavy atom. The molecule has 3 rings (SSSR count). The van der Waals surface area contributed by atoms with Gasteiger partial charge in [-0.15, -0.1) is 0 Å². The number of carboxylic acid groups (broad SMARTS) is 1. The van der Waals surface area contributed by atoms with E-state index in [1.807, 2.05) is 6.20 Å². The van der Waals surface area contributed by atoms with Gasteiger partial charge in [0.05, 0.1) is 18.2 Å². The summed E-state index contributed by atoms with van der Waals surface area (Å²) < 4.78 is 1.76. The minimum absolute atomic E-state index is 0. The molecule has 8 heteroatoms. The van der Waals surface area contributed by atoms with Crippen molar-refractivity contribution in [3.8, 4) is 0 Å². The number of imidazole rings is 1. The summed E-state index contributed by atoms with van der Waals surface area (Å²) in [6.45, 7) is 5.60. The number of carbonyl (C=O) groups is 1. The molecule has 0 saturated heterocycles. The van der Waals surface area contributed by atoms with Gasteiger partial charge in [-0.3, -0.25) is 4.68 Å². The number of aromatic carboxylic acids is 1. The van der Waals surface area contributed by atoms with Gasteiger partial charge in [0, 0.05) is 24.5 Å². The first kappa shape index (κ1) is 18.2. The molecule has 0 bridgehead atoms. The first-order chi connectivity index (χ1) is 10.5. The Kier molecular flexibility index (Phi) is 6.02. The smallest absolute Gasteiger partial charge is 0.543 e. The molecule has 0 radical (unpaired) electrons. The quantitative estimate of drug-likeness (QED) is 0.604. The zero-order valence-electron chi connectivity index (χ0n) is 13.8. The molecule has 0 saturated carbocycles. The third kappa shape index (κ3) is 4.03. The Bertz CT molecular complexity index is 679. The Morgan fingerprint density at radius 3 is 3.00 bits per heavy atom. The molecule has 2 aromatic heterocycles. The number of aryl methyl sites for hydroxylation is 1. The van der Waals surface area contributed by atoms with Crippen molar-refractivity contribution >= 4 is 5.97 Å². The summed E-state index contributed by atoms with van der Waals surface area (Å²) in [7, 11) is 0. The SMILES string of the molecule is CC(C)c1cnc(CNC2CCCn3nc(C(=O)[O-])cc32)[nH]1.[Na+]. The fraction of sp³-hybridized carbons (Fsp3) is 0.533. The van der Waals surface area contributed by atoms with Gasteiger partial charge >= 0.3 is 29.6 Å². The van der Waals surface area contributed by atoms with Crippen LogP contribution in [0.15, 0.2) is 12.3 Å². The Morgan fingerprint density at radius 2 is 2.35 bits per heavy atom. The van der Waals surface area contributed by atoms with Gasteiger partial charge in [0.2, 0.25) is 0 Å². The van der Waals surface area contributed by atoms with E-state index in [4.69, 9.17) is 0 Å². The first-order valence-corrected chi connectivity index (χ1v) is 7.61. The van der Waals surface area contributed by atoms with E-state index in [-0.39, 0.29) is 41.3 Å². The Labute approximate surface area is 157 Å². The second-order valence-electron chi connectivity index (χ2n) is 5.98. The maximum atomic E-state index is 10.9. The van der Waals surface area contributed by atoms with Crippen LogP contribution in [0.4, 0.5) is 0 Å². The Hall–Kier alpha value is -1.15. The number of carbonyl (C=O) groups excluding carboxylic acids is 1. The van der Waals surface area contributed by atoms with Gasteiger partial charge in [0.25, 0.3) is 0 Å². The molecule has 0 spiro atoms. The molecule has 23 heavy (non-hydrogen) atoms. The van der Waals surface area contributed by atoms with E-state index in [2.05, 4.69) is 34.2 Å². The van der Waals surface area contributed by atoms with Crippen LogP contribution >= 0.6 is 0 Å². The van der Waals surface area contributed by atoms with Gasteiger partial charge in [-0.1, -0.05) is 13.8 Å².